The van der Waals surface area contributed by atoms with Crippen molar-refractivity contribution in [2.24, 2.45) is 0 Å². The molecule has 1 atom stereocenters. The Balaban J connectivity index is 2.15. The van der Waals surface area contributed by atoms with E-state index < -0.39 is 0 Å². The van der Waals surface area contributed by atoms with Crippen molar-refractivity contribution in [3.05, 3.63) is 5.89 Å². The third-order valence-corrected chi connectivity index (χ3v) is 1.66. The maximum Gasteiger partial charge on any atom is 0.312 e. The first-order valence-corrected chi connectivity index (χ1v) is 3.57. The maximum atomic E-state index is 5.30. The van der Waals surface area contributed by atoms with Crippen LogP contribution in [0.1, 0.15) is 24.8 Å². The van der Waals surface area contributed by atoms with E-state index in [1.54, 1.807) is 0 Å². The van der Waals surface area contributed by atoms with Crippen LogP contribution in [-0.2, 0) is 4.74 Å². The fraction of sp³-hybridized carbons (Fsp3) is 0.667. The van der Waals surface area contributed by atoms with Crippen LogP contribution in [0.25, 0.3) is 0 Å². The largest absolute Gasteiger partial charge is 0.405 e. The zero-order chi connectivity index (χ0) is 7.68. The molecule has 1 saturated heterocycles. The van der Waals surface area contributed by atoms with Gasteiger partial charge in [-0.05, 0) is 12.8 Å². The van der Waals surface area contributed by atoms with Gasteiger partial charge in [-0.3, -0.25) is 0 Å². The summed E-state index contributed by atoms with van der Waals surface area (Å²) in [6.45, 7) is 0.771. The van der Waals surface area contributed by atoms with E-state index in [-0.39, 0.29) is 12.1 Å². The molecule has 0 aromatic carbocycles. The van der Waals surface area contributed by atoms with Crippen molar-refractivity contribution in [2.75, 3.05) is 12.3 Å². The number of nitrogens with zero attached hydrogens (tertiary/aromatic N) is 2. The van der Waals surface area contributed by atoms with Crippen molar-refractivity contribution in [3.63, 3.8) is 0 Å². The second-order valence-corrected chi connectivity index (χ2v) is 2.48. The predicted octanol–water partition coefficient (Wildman–Crippen LogP) is 0.503. The van der Waals surface area contributed by atoms with Gasteiger partial charge in [0.1, 0.15) is 6.10 Å². The highest BCUT2D eigenvalue weighted by Gasteiger charge is 2.22. The fourth-order valence-electron chi connectivity index (χ4n) is 1.15. The number of hydrogen-bond acceptors (Lipinski definition) is 5. The van der Waals surface area contributed by atoms with Gasteiger partial charge in [-0.2, -0.15) is 0 Å². The van der Waals surface area contributed by atoms with E-state index in [0.717, 1.165) is 19.4 Å². The average Bonchev–Trinajstić information content (AvgIpc) is 2.55. The third-order valence-electron chi connectivity index (χ3n) is 1.66. The van der Waals surface area contributed by atoms with Gasteiger partial charge in [0, 0.05) is 6.61 Å². The molecule has 0 amide bonds. The van der Waals surface area contributed by atoms with Crippen molar-refractivity contribution in [1.29, 1.82) is 0 Å². The molecule has 1 aromatic rings. The molecule has 2 heterocycles. The first kappa shape index (κ1) is 6.60. The minimum atomic E-state index is -0.0280. The first-order chi connectivity index (χ1) is 5.36. The van der Waals surface area contributed by atoms with Crippen LogP contribution in [0.15, 0.2) is 4.42 Å². The first-order valence-electron chi connectivity index (χ1n) is 3.57. The molecule has 1 aliphatic heterocycles. The van der Waals surface area contributed by atoms with Gasteiger partial charge < -0.3 is 14.9 Å². The van der Waals surface area contributed by atoms with Crippen molar-refractivity contribution in [3.8, 4) is 0 Å². The van der Waals surface area contributed by atoms with Crippen LogP contribution in [0.3, 0.4) is 0 Å². The van der Waals surface area contributed by atoms with Crippen LogP contribution in [0, 0.1) is 0 Å². The van der Waals surface area contributed by atoms with Gasteiger partial charge in [-0.1, -0.05) is 5.10 Å². The Hall–Kier alpha value is -1.10. The van der Waals surface area contributed by atoms with Gasteiger partial charge in [0.05, 0.1) is 0 Å². The number of rotatable bonds is 1. The Bertz CT molecular complexity index is 242. The Morgan fingerprint density at radius 3 is 2.91 bits per heavy atom. The molecule has 0 spiro atoms. The molecular weight excluding hydrogens is 146 g/mol. The highest BCUT2D eigenvalue weighted by molar-refractivity contribution is 5.06. The van der Waals surface area contributed by atoms with Gasteiger partial charge in [-0.25, -0.2) is 0 Å². The maximum absolute atomic E-state index is 5.30. The molecule has 1 fully saturated rings. The molecule has 60 valence electrons. The summed E-state index contributed by atoms with van der Waals surface area (Å²) in [6, 6.07) is 0.107. The molecule has 1 aromatic heterocycles. The second-order valence-electron chi connectivity index (χ2n) is 2.48. The van der Waals surface area contributed by atoms with E-state index in [1.807, 2.05) is 0 Å². The molecule has 0 radical (unpaired) electrons. The third kappa shape index (κ3) is 1.19. The van der Waals surface area contributed by atoms with Crippen LogP contribution < -0.4 is 5.73 Å². The highest BCUT2D eigenvalue weighted by Crippen LogP contribution is 2.27. The number of aromatic nitrogens is 2. The lowest BCUT2D eigenvalue weighted by molar-refractivity contribution is 0.0898. The molecule has 5 heteroatoms. The molecule has 5 nitrogen and oxygen atoms in total. The summed E-state index contributed by atoms with van der Waals surface area (Å²) in [7, 11) is 0. The quantitative estimate of drug-likeness (QED) is 0.639. The topological polar surface area (TPSA) is 74.2 Å². The van der Waals surface area contributed by atoms with Crippen molar-refractivity contribution < 1.29 is 9.15 Å². The van der Waals surface area contributed by atoms with Crippen LogP contribution in [0.4, 0.5) is 6.01 Å². The number of nitrogen functional groups attached to an aromatic ring is 1. The van der Waals surface area contributed by atoms with E-state index in [9.17, 15) is 0 Å². The van der Waals surface area contributed by atoms with Gasteiger partial charge in [0.25, 0.3) is 0 Å². The molecule has 1 aliphatic rings. The molecular formula is C6H9N3O2. The van der Waals surface area contributed by atoms with Crippen molar-refractivity contribution in [2.45, 2.75) is 18.9 Å². The standard InChI is InChI=1S/C6H9N3O2/c7-6-9-8-5(11-6)4-2-1-3-10-4/h4H,1-3H2,(H2,7,9)/t4-/m1/s1. The van der Waals surface area contributed by atoms with Crippen molar-refractivity contribution in [1.82, 2.24) is 10.2 Å². The Labute approximate surface area is 63.5 Å². The Morgan fingerprint density at radius 2 is 2.36 bits per heavy atom. The molecule has 0 aliphatic carbocycles. The molecule has 11 heavy (non-hydrogen) atoms. The molecule has 0 saturated carbocycles. The second kappa shape index (κ2) is 2.50. The van der Waals surface area contributed by atoms with E-state index >= 15 is 0 Å². The Morgan fingerprint density at radius 1 is 1.45 bits per heavy atom. The summed E-state index contributed by atoms with van der Waals surface area (Å²) in [5, 5.41) is 7.27. The summed E-state index contributed by atoms with van der Waals surface area (Å²) < 4.78 is 10.3. The average molecular weight is 155 g/mol. The Kier molecular flexibility index (Phi) is 1.50. The van der Waals surface area contributed by atoms with Crippen molar-refractivity contribution >= 4 is 6.01 Å². The SMILES string of the molecule is Nc1nnc([C@H]2CCCO2)o1. The lowest BCUT2D eigenvalue weighted by atomic mass is 10.2. The lowest BCUT2D eigenvalue weighted by Gasteiger charge is -2.00. The molecule has 2 N–H and O–H groups in total. The monoisotopic (exact) mass is 155 g/mol. The van der Waals surface area contributed by atoms with Gasteiger partial charge in [0.15, 0.2) is 0 Å². The number of ether oxygens (including phenoxy) is 1. The van der Waals surface area contributed by atoms with Crippen LogP contribution in [0.2, 0.25) is 0 Å². The highest BCUT2D eigenvalue weighted by atomic mass is 16.5. The minimum absolute atomic E-state index is 0.0280. The van der Waals surface area contributed by atoms with E-state index in [1.165, 1.54) is 0 Å². The fourth-order valence-corrected chi connectivity index (χ4v) is 1.15. The smallest absolute Gasteiger partial charge is 0.312 e. The van der Waals surface area contributed by atoms with Gasteiger partial charge in [-0.15, -0.1) is 5.10 Å². The normalized spacial score (nSPS) is 24.2. The minimum Gasteiger partial charge on any atom is -0.405 e. The van der Waals surface area contributed by atoms with Crippen LogP contribution in [-0.4, -0.2) is 16.8 Å². The number of anilines is 1. The number of hydrogen-bond donors (Lipinski definition) is 1. The van der Waals surface area contributed by atoms with E-state index in [2.05, 4.69) is 10.2 Å². The van der Waals surface area contributed by atoms with Crippen LogP contribution in [0.5, 0.6) is 0 Å². The summed E-state index contributed by atoms with van der Waals surface area (Å²) in [6.07, 6.45) is 1.97. The summed E-state index contributed by atoms with van der Waals surface area (Å²) in [5.41, 5.74) is 5.25. The van der Waals surface area contributed by atoms with E-state index in [0.29, 0.717) is 5.89 Å². The zero-order valence-corrected chi connectivity index (χ0v) is 5.99. The summed E-state index contributed by atoms with van der Waals surface area (Å²) >= 11 is 0. The summed E-state index contributed by atoms with van der Waals surface area (Å²) in [4.78, 5) is 0. The molecule has 0 unspecified atom stereocenters. The molecule has 2 rings (SSSR count). The van der Waals surface area contributed by atoms with Crippen LogP contribution >= 0.6 is 0 Å². The lowest BCUT2D eigenvalue weighted by Crippen LogP contribution is -1.95. The number of nitrogens with two attached hydrogens (primary N) is 1. The zero-order valence-electron chi connectivity index (χ0n) is 5.99. The van der Waals surface area contributed by atoms with Gasteiger partial charge in [0.2, 0.25) is 5.89 Å². The molecule has 0 bridgehead atoms. The predicted molar refractivity (Wildman–Crippen MR) is 36.6 cm³/mol. The van der Waals surface area contributed by atoms with E-state index in [4.69, 9.17) is 14.9 Å². The van der Waals surface area contributed by atoms with Gasteiger partial charge >= 0.3 is 6.01 Å². The summed E-state index contributed by atoms with van der Waals surface area (Å²) in [5.74, 6) is 0.500.